The minimum Gasteiger partial charge on any atom is -0.383 e. The zero-order valence-corrected chi connectivity index (χ0v) is 24.7. The summed E-state index contributed by atoms with van der Waals surface area (Å²) in [7, 11) is 3.88. The summed E-state index contributed by atoms with van der Waals surface area (Å²) in [6.07, 6.45) is 3.24. The number of esters is 2. The van der Waals surface area contributed by atoms with Gasteiger partial charge in [-0.25, -0.2) is 9.59 Å². The molecule has 3 aromatic rings. The first-order chi connectivity index (χ1) is 20.5. The zero-order valence-electron chi connectivity index (χ0n) is 24.7. The average molecular weight is 598 g/mol. The fourth-order valence-electron chi connectivity index (χ4n) is 6.63. The Labute approximate surface area is 249 Å². The number of fused-ring (bicyclic) bond motifs is 1. The summed E-state index contributed by atoms with van der Waals surface area (Å²) in [5.74, 6) is -3.84. The third-order valence-corrected chi connectivity index (χ3v) is 8.94. The number of piperidine rings is 1. The Morgan fingerprint density at radius 3 is 2.33 bits per heavy atom. The molecule has 0 radical (unpaired) electrons. The topological polar surface area (TPSA) is 71.8 Å². The zero-order chi connectivity index (χ0) is 30.7. The number of aromatic nitrogens is 1. The van der Waals surface area contributed by atoms with Crippen LogP contribution in [0.1, 0.15) is 73.2 Å². The molecule has 1 saturated heterocycles. The van der Waals surface area contributed by atoms with Gasteiger partial charge in [-0.1, -0.05) is 62.1 Å². The van der Waals surface area contributed by atoms with Crippen LogP contribution in [-0.2, 0) is 20.9 Å². The van der Waals surface area contributed by atoms with E-state index in [-0.39, 0.29) is 30.0 Å². The second kappa shape index (κ2) is 12.9. The maximum absolute atomic E-state index is 13.8. The molecule has 0 spiro atoms. The number of rotatable bonds is 7. The largest absolute Gasteiger partial charge is 0.491 e. The Morgan fingerprint density at radius 2 is 1.65 bits per heavy atom. The molecule has 2 fully saturated rings. The van der Waals surface area contributed by atoms with Crippen molar-refractivity contribution in [1.29, 1.82) is 0 Å². The van der Waals surface area contributed by atoms with Gasteiger partial charge in [0.1, 0.15) is 6.54 Å². The number of halogens is 3. The van der Waals surface area contributed by atoms with Crippen molar-refractivity contribution in [2.24, 2.45) is 0 Å². The second-order valence-electron chi connectivity index (χ2n) is 11.9. The first-order valence-electron chi connectivity index (χ1n) is 15.0. The van der Waals surface area contributed by atoms with Crippen molar-refractivity contribution in [1.82, 2.24) is 14.4 Å². The van der Waals surface area contributed by atoms with Crippen LogP contribution in [0.5, 0.6) is 0 Å². The minimum absolute atomic E-state index is 0.0135. The number of carbonyl (C=O) groups is 3. The number of hydrogen-bond acceptors (Lipinski definition) is 5. The number of nitrogens with zero attached hydrogens (tertiary/aromatic N) is 3. The monoisotopic (exact) mass is 597 g/mol. The number of alkyl halides is 3. The van der Waals surface area contributed by atoms with Crippen LogP contribution < -0.4 is 0 Å². The van der Waals surface area contributed by atoms with Crippen molar-refractivity contribution in [3.05, 3.63) is 59.7 Å². The fourth-order valence-corrected chi connectivity index (χ4v) is 6.63. The third-order valence-electron chi connectivity index (χ3n) is 8.94. The van der Waals surface area contributed by atoms with E-state index in [1.54, 1.807) is 18.0 Å². The smallest absolute Gasteiger partial charge is 0.383 e. The van der Waals surface area contributed by atoms with Gasteiger partial charge in [0.15, 0.2) is 0 Å². The SMILES string of the molecule is CN(CC1CCCCN1C)C(=O)Cn1c(-c2ccccc2)c(C2CCCCC2)c2ccc(C(=O)OC(=O)C(F)(F)F)cc21. The van der Waals surface area contributed by atoms with E-state index in [2.05, 4.69) is 16.7 Å². The predicted octanol–water partition coefficient (Wildman–Crippen LogP) is 6.54. The highest BCUT2D eigenvalue weighted by Gasteiger charge is 2.42. The van der Waals surface area contributed by atoms with Crippen molar-refractivity contribution in [2.75, 3.05) is 27.2 Å². The van der Waals surface area contributed by atoms with Crippen molar-refractivity contribution >= 4 is 28.7 Å². The molecule has 10 heteroatoms. The molecule has 0 N–H and O–H groups in total. The lowest BCUT2D eigenvalue weighted by atomic mass is 9.82. The Kier molecular flexibility index (Phi) is 9.25. The van der Waals surface area contributed by atoms with E-state index >= 15 is 0 Å². The Bertz CT molecular complexity index is 1480. The van der Waals surface area contributed by atoms with Crippen LogP contribution in [0.25, 0.3) is 22.2 Å². The molecule has 0 bridgehead atoms. The standard InChI is InChI=1S/C33H38F3N3O4/c1-37-18-10-9-15-25(37)20-38(2)28(40)21-39-27-19-24(31(41)43-32(42)33(34,35)36)16-17-26(27)29(22-11-5-3-6-12-22)30(39)23-13-7-4-8-14-23/h4,7-8,13-14,16-17,19,22,25H,3,5-6,9-12,15,18,20-21H2,1-2H3. The van der Waals surface area contributed by atoms with Gasteiger partial charge in [0.25, 0.3) is 0 Å². The number of carbonyl (C=O) groups excluding carboxylic acids is 3. The summed E-state index contributed by atoms with van der Waals surface area (Å²) in [5, 5.41) is 0.840. The number of ether oxygens (including phenoxy) is 1. The quantitative estimate of drug-likeness (QED) is 0.228. The van der Waals surface area contributed by atoms with Crippen molar-refractivity contribution in [3.63, 3.8) is 0 Å². The van der Waals surface area contributed by atoms with Crippen LogP contribution in [0.4, 0.5) is 13.2 Å². The molecular formula is C33H38F3N3O4. The lowest BCUT2D eigenvalue weighted by molar-refractivity contribution is -0.193. The van der Waals surface area contributed by atoms with Gasteiger partial charge >= 0.3 is 18.1 Å². The first kappa shape index (κ1) is 30.8. The van der Waals surface area contributed by atoms with Crippen LogP contribution >= 0.6 is 0 Å². The second-order valence-corrected chi connectivity index (χ2v) is 11.9. The number of benzene rings is 2. The molecule has 1 saturated carbocycles. The number of likely N-dealkylation sites (tertiary alicyclic amines) is 1. The molecule has 43 heavy (non-hydrogen) atoms. The minimum atomic E-state index is -5.29. The van der Waals surface area contributed by atoms with Gasteiger partial charge in [-0.3, -0.25) is 4.79 Å². The van der Waals surface area contributed by atoms with Gasteiger partial charge in [0, 0.05) is 25.0 Å². The van der Waals surface area contributed by atoms with Crippen molar-refractivity contribution in [2.45, 2.75) is 76.0 Å². The highest BCUT2D eigenvalue weighted by Crippen LogP contribution is 2.44. The Balaban J connectivity index is 1.60. The maximum atomic E-state index is 13.8. The van der Waals surface area contributed by atoms with Gasteiger partial charge < -0.3 is 19.1 Å². The van der Waals surface area contributed by atoms with E-state index in [9.17, 15) is 27.6 Å². The van der Waals surface area contributed by atoms with Crippen LogP contribution in [0, 0.1) is 0 Å². The molecule has 2 heterocycles. The molecule has 1 aliphatic carbocycles. The number of likely N-dealkylation sites (N-methyl/N-ethyl adjacent to an activating group) is 2. The number of hydrogen-bond donors (Lipinski definition) is 0. The van der Waals surface area contributed by atoms with Gasteiger partial charge in [0.2, 0.25) is 5.91 Å². The molecular weight excluding hydrogens is 559 g/mol. The highest BCUT2D eigenvalue weighted by atomic mass is 19.4. The summed E-state index contributed by atoms with van der Waals surface area (Å²) < 4.78 is 44.5. The molecule has 2 aromatic carbocycles. The molecule has 230 valence electrons. The molecule has 1 aliphatic heterocycles. The molecule has 1 amide bonds. The summed E-state index contributed by atoms with van der Waals surface area (Å²) >= 11 is 0. The third kappa shape index (κ3) is 6.79. The average Bonchev–Trinajstić information content (AvgIpc) is 3.31. The molecule has 1 aromatic heterocycles. The normalized spacial score (nSPS) is 18.5. The number of amides is 1. The van der Waals surface area contributed by atoms with Crippen molar-refractivity contribution in [3.8, 4) is 11.3 Å². The maximum Gasteiger partial charge on any atom is 0.491 e. The lowest BCUT2D eigenvalue weighted by Gasteiger charge is -2.35. The van der Waals surface area contributed by atoms with Gasteiger partial charge in [-0.05, 0) is 68.5 Å². The molecule has 2 aliphatic rings. The van der Waals surface area contributed by atoms with E-state index in [4.69, 9.17) is 0 Å². The van der Waals surface area contributed by atoms with E-state index in [0.717, 1.165) is 80.1 Å². The van der Waals surface area contributed by atoms with Crippen LogP contribution in [-0.4, -0.2) is 71.6 Å². The van der Waals surface area contributed by atoms with Crippen molar-refractivity contribution < 1.29 is 32.3 Å². The van der Waals surface area contributed by atoms with E-state index in [1.807, 2.05) is 34.9 Å². The molecule has 1 unspecified atom stereocenters. The summed E-state index contributed by atoms with van der Waals surface area (Å²) in [5.41, 5.74) is 3.22. The summed E-state index contributed by atoms with van der Waals surface area (Å²) in [4.78, 5) is 41.9. The predicted molar refractivity (Wildman–Crippen MR) is 158 cm³/mol. The molecule has 5 rings (SSSR count). The van der Waals surface area contributed by atoms with Gasteiger partial charge in [0.05, 0.1) is 16.8 Å². The Hall–Kier alpha value is -3.66. The molecule has 7 nitrogen and oxygen atoms in total. The van der Waals surface area contributed by atoms with E-state index in [1.165, 1.54) is 12.1 Å². The molecule has 1 atom stereocenters. The van der Waals surface area contributed by atoms with Crippen LogP contribution in [0.15, 0.2) is 48.5 Å². The first-order valence-corrected chi connectivity index (χ1v) is 15.0. The lowest BCUT2D eigenvalue weighted by Crippen LogP contribution is -2.45. The van der Waals surface area contributed by atoms with E-state index in [0.29, 0.717) is 12.1 Å². The van der Waals surface area contributed by atoms with Gasteiger partial charge in [-0.2, -0.15) is 13.2 Å². The summed E-state index contributed by atoms with van der Waals surface area (Å²) in [6, 6.07) is 14.6. The Morgan fingerprint density at radius 1 is 0.953 bits per heavy atom. The van der Waals surface area contributed by atoms with Crippen LogP contribution in [0.3, 0.4) is 0 Å². The summed E-state index contributed by atoms with van der Waals surface area (Å²) in [6.45, 7) is 1.57. The fraction of sp³-hybridized carbons (Fsp3) is 0.485. The van der Waals surface area contributed by atoms with Crippen LogP contribution in [0.2, 0.25) is 0 Å². The van der Waals surface area contributed by atoms with E-state index < -0.39 is 18.1 Å². The highest BCUT2D eigenvalue weighted by molar-refractivity contribution is 6.02. The van der Waals surface area contributed by atoms with Gasteiger partial charge in [-0.15, -0.1) is 0 Å².